The van der Waals surface area contributed by atoms with Gasteiger partial charge in [0.2, 0.25) is 0 Å². The lowest BCUT2D eigenvalue weighted by atomic mass is 9.78. The third-order valence-corrected chi connectivity index (χ3v) is 6.19. The Labute approximate surface area is 194 Å². The highest BCUT2D eigenvalue weighted by Crippen LogP contribution is 2.39. The molecule has 3 N–H and O–H groups in total. The highest BCUT2D eigenvalue weighted by atomic mass is 32.2. The van der Waals surface area contributed by atoms with E-state index in [9.17, 15) is 18.3 Å². The number of urea groups is 1. The van der Waals surface area contributed by atoms with Crippen LogP contribution in [0.4, 0.5) is 10.5 Å². The van der Waals surface area contributed by atoms with Crippen molar-refractivity contribution < 1.29 is 18.3 Å². The largest absolute Gasteiger partial charge is 0.507 e. The van der Waals surface area contributed by atoms with Crippen LogP contribution in [0.5, 0.6) is 5.75 Å². The maximum atomic E-state index is 12.2. The van der Waals surface area contributed by atoms with E-state index in [1.165, 1.54) is 24.3 Å². The summed E-state index contributed by atoms with van der Waals surface area (Å²) < 4.78 is 26.2. The highest BCUT2D eigenvalue weighted by Gasteiger charge is 2.26. The molecule has 0 saturated heterocycles. The Morgan fingerprint density at radius 2 is 1.55 bits per heavy atom. The number of aromatic hydroxyl groups is 1. The van der Waals surface area contributed by atoms with Gasteiger partial charge >= 0.3 is 6.03 Å². The third-order valence-electron chi connectivity index (χ3n) is 5.04. The first-order valence-electron chi connectivity index (χ1n) is 10.5. The second-order valence-corrected chi connectivity index (χ2v) is 11.4. The smallest absolute Gasteiger partial charge is 0.319 e. The number of carbonyl (C=O) groups is 1. The molecule has 2 amide bonds. The summed E-state index contributed by atoms with van der Waals surface area (Å²) >= 11 is 0. The normalized spacial score (nSPS) is 12.1. The molecular formula is C23H31N5O4S. The number of azide groups is 1. The van der Waals surface area contributed by atoms with Crippen molar-refractivity contribution in [1.29, 1.82) is 0 Å². The minimum atomic E-state index is -4.07. The molecule has 2 rings (SSSR count). The van der Waals surface area contributed by atoms with Crippen molar-refractivity contribution in [2.75, 3.05) is 11.9 Å². The van der Waals surface area contributed by atoms with Crippen molar-refractivity contribution in [1.82, 2.24) is 5.32 Å². The second kappa shape index (κ2) is 9.72. The summed E-state index contributed by atoms with van der Waals surface area (Å²) in [4.78, 5) is 14.4. The summed E-state index contributed by atoms with van der Waals surface area (Å²) in [5.41, 5.74) is 11.0. The van der Waals surface area contributed by atoms with Crippen LogP contribution in [0.15, 0.2) is 45.8 Å². The molecule has 10 heteroatoms. The van der Waals surface area contributed by atoms with Crippen molar-refractivity contribution >= 4 is 21.7 Å². The molecule has 33 heavy (non-hydrogen) atoms. The Kier molecular flexibility index (Phi) is 7.67. The van der Waals surface area contributed by atoms with Gasteiger partial charge in [-0.15, -0.1) is 0 Å². The van der Waals surface area contributed by atoms with Crippen molar-refractivity contribution in [3.05, 3.63) is 63.5 Å². The Hall–Kier alpha value is -3.23. The molecule has 0 saturated carbocycles. The molecule has 0 spiro atoms. The van der Waals surface area contributed by atoms with Gasteiger partial charge in [0, 0.05) is 21.7 Å². The van der Waals surface area contributed by atoms with Crippen molar-refractivity contribution in [3.63, 3.8) is 0 Å². The zero-order valence-electron chi connectivity index (χ0n) is 19.8. The lowest BCUT2D eigenvalue weighted by Gasteiger charge is -2.28. The number of benzene rings is 2. The standard InChI is InChI=1S/C23H31N5O4S/c1-22(2,3)18-13-15(14-19(20(18)29)23(4,5)6)11-12-25-21(30)26-16-7-9-17(10-8-16)33(31,32)28-27-24/h7-10,13-14,29H,11-12H2,1-6H3,(H2,25,26,30). The predicted octanol–water partition coefficient (Wildman–Crippen LogP) is 5.35. The van der Waals surface area contributed by atoms with Crippen LogP contribution >= 0.6 is 0 Å². The Morgan fingerprint density at radius 1 is 1.03 bits per heavy atom. The second-order valence-electron chi connectivity index (χ2n) is 9.84. The van der Waals surface area contributed by atoms with E-state index in [2.05, 4.69) is 20.1 Å². The molecule has 0 aliphatic carbocycles. The summed E-state index contributed by atoms with van der Waals surface area (Å²) in [5, 5.41) is 16.2. The number of sulfonamides is 1. The summed E-state index contributed by atoms with van der Waals surface area (Å²) in [6, 6.07) is 8.83. The SMILES string of the molecule is CC(C)(C)c1cc(CCNC(=O)Nc2ccc(S(=O)(=O)N=[N+]=[N-])cc2)cc(C(C)(C)C)c1O. The van der Waals surface area contributed by atoms with E-state index in [0.29, 0.717) is 24.4 Å². The first-order valence-corrected chi connectivity index (χ1v) is 11.9. The van der Waals surface area contributed by atoms with Gasteiger partial charge in [0.15, 0.2) is 0 Å². The highest BCUT2D eigenvalue weighted by molar-refractivity contribution is 7.90. The van der Waals surface area contributed by atoms with Gasteiger partial charge in [-0.1, -0.05) is 53.7 Å². The van der Waals surface area contributed by atoms with Gasteiger partial charge in [0.1, 0.15) is 5.75 Å². The molecule has 0 bridgehead atoms. The number of carbonyl (C=O) groups excluding carboxylic acids is 1. The van der Waals surface area contributed by atoms with Crippen LogP contribution < -0.4 is 10.6 Å². The van der Waals surface area contributed by atoms with E-state index in [-0.39, 0.29) is 15.7 Å². The maximum Gasteiger partial charge on any atom is 0.319 e. The molecule has 0 fully saturated rings. The van der Waals surface area contributed by atoms with Crippen molar-refractivity contribution in [3.8, 4) is 5.75 Å². The number of hydrogen-bond acceptors (Lipinski definition) is 4. The van der Waals surface area contributed by atoms with Gasteiger partial charge in [-0.2, -0.15) is 0 Å². The lowest BCUT2D eigenvalue weighted by molar-refractivity contribution is 0.252. The van der Waals surface area contributed by atoms with Crippen LogP contribution in [0.1, 0.15) is 58.2 Å². The fourth-order valence-corrected chi connectivity index (χ4v) is 3.95. The van der Waals surface area contributed by atoms with E-state index in [1.54, 1.807) is 0 Å². The Bertz CT molecular complexity index is 1140. The molecule has 2 aromatic carbocycles. The van der Waals surface area contributed by atoms with Crippen LogP contribution in [0.3, 0.4) is 0 Å². The number of phenols is 1. The number of amides is 2. The van der Waals surface area contributed by atoms with Gasteiger partial charge in [-0.05, 0) is 63.7 Å². The first kappa shape index (κ1) is 26.0. The fourth-order valence-electron chi connectivity index (χ4n) is 3.28. The van der Waals surface area contributed by atoms with Gasteiger partial charge < -0.3 is 15.7 Å². The number of rotatable bonds is 6. The van der Waals surface area contributed by atoms with E-state index < -0.39 is 16.1 Å². The zero-order valence-corrected chi connectivity index (χ0v) is 20.6. The third kappa shape index (κ3) is 6.87. The minimum absolute atomic E-state index is 0.164. The summed E-state index contributed by atoms with van der Waals surface area (Å²) in [7, 11) is -4.07. The number of anilines is 1. The van der Waals surface area contributed by atoms with Gasteiger partial charge in [-0.3, -0.25) is 0 Å². The first-order chi connectivity index (χ1) is 15.1. The van der Waals surface area contributed by atoms with E-state index >= 15 is 0 Å². The number of nitrogens with zero attached hydrogens (tertiary/aromatic N) is 3. The minimum Gasteiger partial charge on any atom is -0.507 e. The average molecular weight is 474 g/mol. The molecular weight excluding hydrogens is 442 g/mol. The average Bonchev–Trinajstić information content (AvgIpc) is 2.67. The quantitative estimate of drug-likeness (QED) is 0.295. The number of phenolic OH excluding ortho intramolecular Hbond substituents is 1. The fraction of sp³-hybridized carbons (Fsp3) is 0.435. The maximum absolute atomic E-state index is 12.2. The van der Waals surface area contributed by atoms with Crippen LogP contribution in [0.25, 0.3) is 10.4 Å². The van der Waals surface area contributed by atoms with Gasteiger partial charge in [0.05, 0.1) is 4.90 Å². The van der Waals surface area contributed by atoms with Crippen molar-refractivity contribution in [2.24, 2.45) is 4.52 Å². The van der Waals surface area contributed by atoms with E-state index in [0.717, 1.165) is 16.7 Å². The molecule has 2 aromatic rings. The van der Waals surface area contributed by atoms with E-state index in [4.69, 9.17) is 5.53 Å². The van der Waals surface area contributed by atoms with Crippen LogP contribution in [0.2, 0.25) is 0 Å². The molecule has 0 heterocycles. The molecule has 0 aromatic heterocycles. The molecule has 0 atom stereocenters. The van der Waals surface area contributed by atoms with Crippen molar-refractivity contribution in [2.45, 2.75) is 63.7 Å². The van der Waals surface area contributed by atoms with E-state index in [1.807, 2.05) is 53.7 Å². The predicted molar refractivity (Wildman–Crippen MR) is 129 cm³/mol. The van der Waals surface area contributed by atoms with Crippen LogP contribution in [-0.4, -0.2) is 26.1 Å². The Balaban J connectivity index is 2.07. The number of nitrogens with one attached hydrogen (secondary N) is 2. The van der Waals surface area contributed by atoms with Gasteiger partial charge in [0.25, 0.3) is 10.0 Å². The lowest BCUT2D eigenvalue weighted by Crippen LogP contribution is -2.30. The molecule has 0 radical (unpaired) electrons. The van der Waals surface area contributed by atoms with Crippen LogP contribution in [0, 0.1) is 0 Å². The van der Waals surface area contributed by atoms with Crippen LogP contribution in [-0.2, 0) is 27.3 Å². The molecule has 0 unspecified atom stereocenters. The molecule has 178 valence electrons. The molecule has 0 aliphatic heterocycles. The molecule has 0 aliphatic rings. The Morgan fingerprint density at radius 3 is 2.00 bits per heavy atom. The van der Waals surface area contributed by atoms with Gasteiger partial charge in [-0.25, -0.2) is 13.2 Å². The zero-order chi connectivity index (χ0) is 25.0. The number of hydrogen-bond donors (Lipinski definition) is 3. The topological polar surface area (TPSA) is 144 Å². The summed E-state index contributed by atoms with van der Waals surface area (Å²) in [6.07, 6.45) is 0.573. The summed E-state index contributed by atoms with van der Waals surface area (Å²) in [5.74, 6) is 0.315. The summed E-state index contributed by atoms with van der Waals surface area (Å²) in [6.45, 7) is 12.7. The molecule has 9 nitrogen and oxygen atoms in total. The monoisotopic (exact) mass is 473 g/mol.